The van der Waals surface area contributed by atoms with E-state index in [4.69, 9.17) is 10.8 Å². The quantitative estimate of drug-likeness (QED) is 0.634. The summed E-state index contributed by atoms with van der Waals surface area (Å²) in [6, 6.07) is -0.847. The molecule has 0 saturated carbocycles. The fraction of sp³-hybridized carbons (Fsp3) is 0.800. The summed E-state index contributed by atoms with van der Waals surface area (Å²) in [6.45, 7) is 0. The van der Waals surface area contributed by atoms with Gasteiger partial charge in [-0.15, -0.1) is 0 Å². The van der Waals surface area contributed by atoms with Crippen molar-refractivity contribution in [2.24, 2.45) is 5.73 Å². The maximum atomic E-state index is 10.5. The van der Waals surface area contributed by atoms with E-state index in [-0.39, 0.29) is 0 Å². The molecule has 5 heteroatoms. The first-order chi connectivity index (χ1) is 4.54. The van der Waals surface area contributed by atoms with Crippen LogP contribution >= 0.6 is 0 Å². The molecule has 0 saturated heterocycles. The fourth-order valence-corrected chi connectivity index (χ4v) is 1.65. The molecular weight excluding hydrogens is 201 g/mol. The van der Waals surface area contributed by atoms with Gasteiger partial charge >= 0.3 is 62.9 Å². The van der Waals surface area contributed by atoms with Crippen LogP contribution in [0.5, 0.6) is 0 Å². The van der Waals surface area contributed by atoms with Gasteiger partial charge in [-0.3, -0.25) is 0 Å². The zero-order valence-electron chi connectivity index (χ0n) is 5.74. The van der Waals surface area contributed by atoms with Crippen LogP contribution < -0.4 is 5.73 Å². The molecule has 3 N–H and O–H groups in total. The van der Waals surface area contributed by atoms with Gasteiger partial charge in [0.05, 0.1) is 0 Å². The molecule has 10 heavy (non-hydrogen) atoms. The Kier molecular flexibility index (Phi) is 4.43. The molecule has 0 radical (unpaired) electrons. The topological polar surface area (TPSA) is 80.4 Å². The van der Waals surface area contributed by atoms with Gasteiger partial charge in [-0.25, -0.2) is 0 Å². The summed E-state index contributed by atoms with van der Waals surface area (Å²) >= 11 is -1.75. The van der Waals surface area contributed by atoms with E-state index >= 15 is 0 Å². The van der Waals surface area contributed by atoms with E-state index in [1.54, 1.807) is 5.82 Å². The average Bonchev–Trinajstić information content (AvgIpc) is 1.82. The summed E-state index contributed by atoms with van der Waals surface area (Å²) in [6.07, 6.45) is 0.319. The summed E-state index contributed by atoms with van der Waals surface area (Å²) in [5.74, 6) is 0.599. The van der Waals surface area contributed by atoms with Gasteiger partial charge in [-0.2, -0.15) is 0 Å². The van der Waals surface area contributed by atoms with E-state index < -0.39 is 25.8 Å². The number of hydrogen-bond acceptors (Lipinski definition) is 3. The molecule has 0 aromatic rings. The Hall–Kier alpha value is -0.251. The van der Waals surface area contributed by atoms with Crippen molar-refractivity contribution in [3.63, 3.8) is 0 Å². The molecule has 1 unspecified atom stereocenters. The fourth-order valence-electron chi connectivity index (χ4n) is 0.416. The monoisotopic (exact) mass is 213 g/mol. The molecule has 0 bridgehead atoms. The molecular formula is C5H11NO3Se. The van der Waals surface area contributed by atoms with Crippen LogP contribution in [-0.2, 0) is 8.63 Å². The second-order valence-corrected chi connectivity index (χ2v) is 5.27. The van der Waals surface area contributed by atoms with Crippen LogP contribution in [0.2, 0.25) is 11.1 Å². The third-order valence-electron chi connectivity index (χ3n) is 1.03. The molecule has 0 aromatic heterocycles. The van der Waals surface area contributed by atoms with E-state index in [0.29, 0.717) is 11.7 Å². The zero-order chi connectivity index (χ0) is 8.15. The van der Waals surface area contributed by atoms with E-state index in [9.17, 15) is 8.63 Å². The molecule has 0 aliphatic carbocycles. The van der Waals surface area contributed by atoms with Crippen LogP contribution in [0.3, 0.4) is 0 Å². The number of aliphatic carboxylic acids is 1. The Bertz CT molecular complexity index is 148. The summed E-state index contributed by atoms with van der Waals surface area (Å²) in [7, 11) is 0. The third kappa shape index (κ3) is 4.61. The number of carboxylic acids is 1. The Morgan fingerprint density at radius 1 is 1.80 bits per heavy atom. The second kappa shape index (κ2) is 4.55. The summed E-state index contributed by atoms with van der Waals surface area (Å²) in [5.41, 5.74) is 5.15. The average molecular weight is 212 g/mol. The van der Waals surface area contributed by atoms with Crippen molar-refractivity contribution in [2.75, 3.05) is 0 Å². The molecule has 0 spiro atoms. The molecule has 0 aromatic carbocycles. The van der Waals surface area contributed by atoms with Crippen molar-refractivity contribution >= 4 is 19.8 Å². The van der Waals surface area contributed by atoms with Crippen LogP contribution in [0, 0.1) is 0 Å². The van der Waals surface area contributed by atoms with Crippen LogP contribution in [0.15, 0.2) is 0 Å². The molecule has 0 aliphatic rings. The zero-order valence-corrected chi connectivity index (χ0v) is 7.45. The number of nitrogens with two attached hydrogens (primary N) is 1. The van der Waals surface area contributed by atoms with E-state index in [2.05, 4.69) is 0 Å². The number of rotatable bonds is 4. The maximum absolute atomic E-state index is 10.5. The van der Waals surface area contributed by atoms with Crippen molar-refractivity contribution in [2.45, 2.75) is 23.6 Å². The summed E-state index contributed by atoms with van der Waals surface area (Å²) in [5, 5.41) is 8.73. The Balaban J connectivity index is 3.49. The van der Waals surface area contributed by atoms with Gasteiger partial charge in [-0.05, 0) is 0 Å². The molecule has 0 rings (SSSR count). The first-order valence-electron chi connectivity index (χ1n) is 2.82. The van der Waals surface area contributed by atoms with Gasteiger partial charge < -0.3 is 0 Å². The Labute approximate surface area is 63.5 Å². The van der Waals surface area contributed by atoms with E-state index in [0.717, 1.165) is 0 Å². The molecule has 4 nitrogen and oxygen atoms in total. The summed E-state index contributed by atoms with van der Waals surface area (Å²) in [4.78, 5) is 10.1. The van der Waals surface area contributed by atoms with Gasteiger partial charge in [-0.1, -0.05) is 0 Å². The van der Waals surface area contributed by atoms with Gasteiger partial charge in [0.2, 0.25) is 0 Å². The normalized spacial score (nSPS) is 16.2. The molecule has 2 atom stereocenters. The van der Waals surface area contributed by atoms with Crippen molar-refractivity contribution in [1.29, 1.82) is 0 Å². The Morgan fingerprint density at radius 2 is 2.30 bits per heavy atom. The minimum atomic E-state index is -1.75. The molecule has 60 valence electrons. The summed E-state index contributed by atoms with van der Waals surface area (Å²) < 4.78 is 10.5. The standard InChI is InChI=1S/C5H11NO3Se/c1-10(9)3-2-4(6)5(7)8/h4H,2-3,6H2,1H3,(H,7,8)/t4-,10?/m1/s1. The number of carboxylic acid groups (broad SMARTS) is 1. The van der Waals surface area contributed by atoms with Crippen LogP contribution in [0.25, 0.3) is 0 Å². The van der Waals surface area contributed by atoms with Gasteiger partial charge in [0.15, 0.2) is 0 Å². The van der Waals surface area contributed by atoms with Crippen LogP contribution in [-0.4, -0.2) is 31.0 Å². The van der Waals surface area contributed by atoms with Gasteiger partial charge in [0.25, 0.3) is 0 Å². The number of hydrogen-bond donors (Lipinski definition) is 2. The van der Waals surface area contributed by atoms with Crippen molar-refractivity contribution in [1.82, 2.24) is 0 Å². The predicted octanol–water partition coefficient (Wildman–Crippen LogP) is -0.160. The van der Waals surface area contributed by atoms with Gasteiger partial charge in [0.1, 0.15) is 0 Å². The van der Waals surface area contributed by atoms with Crippen LogP contribution in [0.4, 0.5) is 0 Å². The van der Waals surface area contributed by atoms with E-state index in [1.165, 1.54) is 0 Å². The van der Waals surface area contributed by atoms with Crippen molar-refractivity contribution < 1.29 is 13.7 Å². The Morgan fingerprint density at radius 3 is 2.60 bits per heavy atom. The van der Waals surface area contributed by atoms with Gasteiger partial charge in [0, 0.05) is 0 Å². The predicted molar refractivity (Wildman–Crippen MR) is 37.3 cm³/mol. The third-order valence-corrected chi connectivity index (χ3v) is 2.73. The van der Waals surface area contributed by atoms with Crippen LogP contribution in [0.1, 0.15) is 6.42 Å². The van der Waals surface area contributed by atoms with Crippen molar-refractivity contribution in [3.8, 4) is 0 Å². The number of carbonyl (C=O) groups is 1. The molecule has 0 aliphatic heterocycles. The molecule has 0 fully saturated rings. The first-order valence-corrected chi connectivity index (χ1v) is 6.45. The first kappa shape index (κ1) is 9.75. The molecule has 0 amide bonds. The molecule has 0 heterocycles. The SMILES string of the molecule is C[Se](=O)CC[C@@H](N)C(=O)O. The minimum absolute atomic E-state index is 0.319. The van der Waals surface area contributed by atoms with E-state index in [1.807, 2.05) is 0 Å². The second-order valence-electron chi connectivity index (χ2n) is 2.01. The van der Waals surface area contributed by atoms with Crippen molar-refractivity contribution in [3.05, 3.63) is 0 Å².